The van der Waals surface area contributed by atoms with E-state index in [2.05, 4.69) is 15.5 Å². The van der Waals surface area contributed by atoms with E-state index >= 15 is 0 Å². The Kier molecular flexibility index (Phi) is 5.73. The van der Waals surface area contributed by atoms with Gasteiger partial charge in [-0.25, -0.2) is 4.98 Å². The molecule has 0 bridgehead atoms. The van der Waals surface area contributed by atoms with Crippen molar-refractivity contribution in [3.8, 4) is 5.88 Å². The highest BCUT2D eigenvalue weighted by molar-refractivity contribution is 5.94. The molecule has 1 saturated heterocycles. The first-order valence-electron chi connectivity index (χ1n) is 8.98. The number of carbonyl (C=O) groups excluding carboxylic acids is 2. The number of nitrogens with one attached hydrogen (secondary N) is 1. The molecule has 2 aromatic rings. The number of ether oxygens (including phenoxy) is 1. The van der Waals surface area contributed by atoms with Gasteiger partial charge in [-0.15, -0.1) is 0 Å². The highest BCUT2D eigenvalue weighted by Gasteiger charge is 2.25. The molecule has 0 aromatic carbocycles. The summed E-state index contributed by atoms with van der Waals surface area (Å²) in [5.41, 5.74) is 2.25. The molecule has 1 unspecified atom stereocenters. The lowest BCUT2D eigenvalue weighted by Crippen LogP contribution is -2.36. The third-order valence-corrected chi connectivity index (χ3v) is 4.88. The predicted octanol–water partition coefficient (Wildman–Crippen LogP) is 2.01. The number of aromatic nitrogens is 2. The number of rotatable bonds is 5. The molecule has 3 heterocycles. The van der Waals surface area contributed by atoms with E-state index in [0.29, 0.717) is 43.8 Å². The molecule has 144 valence electrons. The van der Waals surface area contributed by atoms with Crippen LogP contribution in [0.1, 0.15) is 46.6 Å². The summed E-state index contributed by atoms with van der Waals surface area (Å²) in [6.07, 6.45) is 3.25. The molecule has 2 amide bonds. The van der Waals surface area contributed by atoms with Gasteiger partial charge in [0.25, 0.3) is 5.91 Å². The lowest BCUT2D eigenvalue weighted by atomic mass is 10.1. The fourth-order valence-electron chi connectivity index (χ4n) is 3.20. The van der Waals surface area contributed by atoms with E-state index in [0.717, 1.165) is 17.0 Å². The molecule has 1 aliphatic rings. The van der Waals surface area contributed by atoms with Gasteiger partial charge in [0, 0.05) is 42.4 Å². The van der Waals surface area contributed by atoms with E-state index in [9.17, 15) is 9.59 Å². The SMILES string of the molecule is COc1cc(C(=O)NC2CCC(=O)N(Cc3c(C)noc3C)CC2)ccn1. The number of amides is 2. The van der Waals surface area contributed by atoms with E-state index in [-0.39, 0.29) is 17.9 Å². The molecule has 0 radical (unpaired) electrons. The molecule has 0 spiro atoms. The Hall–Kier alpha value is -2.90. The van der Waals surface area contributed by atoms with E-state index < -0.39 is 0 Å². The second kappa shape index (κ2) is 8.20. The lowest BCUT2D eigenvalue weighted by Gasteiger charge is -2.21. The Balaban J connectivity index is 1.61. The van der Waals surface area contributed by atoms with Gasteiger partial charge in [0.15, 0.2) is 0 Å². The normalized spacial score (nSPS) is 17.5. The number of methoxy groups -OCH3 is 1. The Bertz CT molecular complexity index is 813. The van der Waals surface area contributed by atoms with Crippen molar-refractivity contribution in [2.24, 2.45) is 0 Å². The van der Waals surface area contributed by atoms with Gasteiger partial charge in [-0.2, -0.15) is 0 Å². The molecule has 8 heteroatoms. The van der Waals surface area contributed by atoms with Gasteiger partial charge in [0.05, 0.1) is 19.3 Å². The highest BCUT2D eigenvalue weighted by Crippen LogP contribution is 2.20. The number of nitrogens with zero attached hydrogens (tertiary/aromatic N) is 3. The van der Waals surface area contributed by atoms with Crippen molar-refractivity contribution in [3.63, 3.8) is 0 Å². The molecule has 27 heavy (non-hydrogen) atoms. The van der Waals surface area contributed by atoms with Crippen LogP contribution in [0.3, 0.4) is 0 Å². The maximum absolute atomic E-state index is 12.5. The van der Waals surface area contributed by atoms with Gasteiger partial charge in [0.1, 0.15) is 5.76 Å². The van der Waals surface area contributed by atoms with Crippen LogP contribution < -0.4 is 10.1 Å². The third-order valence-electron chi connectivity index (χ3n) is 4.88. The van der Waals surface area contributed by atoms with Crippen LogP contribution in [0.4, 0.5) is 0 Å². The first-order valence-corrected chi connectivity index (χ1v) is 8.98. The van der Waals surface area contributed by atoms with Crippen LogP contribution in [0.15, 0.2) is 22.9 Å². The van der Waals surface area contributed by atoms with Crippen LogP contribution >= 0.6 is 0 Å². The number of aryl methyl sites for hydroxylation is 2. The Morgan fingerprint density at radius 3 is 2.93 bits per heavy atom. The summed E-state index contributed by atoms with van der Waals surface area (Å²) in [5.74, 6) is 1.02. The van der Waals surface area contributed by atoms with Crippen molar-refractivity contribution in [3.05, 3.63) is 40.9 Å². The molecule has 1 aliphatic heterocycles. The van der Waals surface area contributed by atoms with Crippen LogP contribution in [0.2, 0.25) is 0 Å². The summed E-state index contributed by atoms with van der Waals surface area (Å²) in [6, 6.07) is 3.18. The predicted molar refractivity (Wildman–Crippen MR) is 97.3 cm³/mol. The Labute approximate surface area is 157 Å². The van der Waals surface area contributed by atoms with Crippen molar-refractivity contribution < 1.29 is 18.8 Å². The van der Waals surface area contributed by atoms with E-state index in [4.69, 9.17) is 9.26 Å². The molecule has 3 rings (SSSR count). The summed E-state index contributed by atoms with van der Waals surface area (Å²) >= 11 is 0. The molecule has 8 nitrogen and oxygen atoms in total. The van der Waals surface area contributed by atoms with Gasteiger partial charge >= 0.3 is 0 Å². The minimum absolute atomic E-state index is 0.0599. The van der Waals surface area contributed by atoms with Crippen LogP contribution in [0.5, 0.6) is 5.88 Å². The van der Waals surface area contributed by atoms with Crippen molar-refractivity contribution in [2.75, 3.05) is 13.7 Å². The van der Waals surface area contributed by atoms with Gasteiger partial charge in [-0.1, -0.05) is 5.16 Å². The smallest absolute Gasteiger partial charge is 0.251 e. The maximum atomic E-state index is 12.5. The average Bonchev–Trinajstić information content (AvgIpc) is 2.88. The van der Waals surface area contributed by atoms with Gasteiger partial charge in [-0.3, -0.25) is 9.59 Å². The van der Waals surface area contributed by atoms with Crippen LogP contribution in [0, 0.1) is 13.8 Å². The van der Waals surface area contributed by atoms with Gasteiger partial charge in [-0.05, 0) is 32.8 Å². The second-order valence-electron chi connectivity index (χ2n) is 6.70. The van der Waals surface area contributed by atoms with Crippen molar-refractivity contribution in [2.45, 2.75) is 45.7 Å². The van der Waals surface area contributed by atoms with E-state index in [1.807, 2.05) is 18.7 Å². The molecule has 2 aromatic heterocycles. The third kappa shape index (κ3) is 4.45. The van der Waals surface area contributed by atoms with E-state index in [1.165, 1.54) is 13.3 Å². The first kappa shape index (κ1) is 18.9. The fraction of sp³-hybridized carbons (Fsp3) is 0.474. The second-order valence-corrected chi connectivity index (χ2v) is 6.70. The van der Waals surface area contributed by atoms with Gasteiger partial charge in [0.2, 0.25) is 11.8 Å². The fourth-order valence-corrected chi connectivity index (χ4v) is 3.20. The van der Waals surface area contributed by atoms with Crippen molar-refractivity contribution in [1.82, 2.24) is 20.4 Å². The highest BCUT2D eigenvalue weighted by atomic mass is 16.5. The quantitative estimate of drug-likeness (QED) is 0.862. The average molecular weight is 372 g/mol. The standard InChI is InChI=1S/C19H24N4O4/c1-12-16(13(2)27-22-12)11-23-9-7-15(4-5-18(23)24)21-19(25)14-6-8-20-17(10-14)26-3/h6,8,10,15H,4-5,7,9,11H2,1-3H3,(H,21,25). The summed E-state index contributed by atoms with van der Waals surface area (Å²) in [4.78, 5) is 30.8. The number of hydrogen-bond donors (Lipinski definition) is 1. The molecule has 1 N–H and O–H groups in total. The molecule has 1 fully saturated rings. The van der Waals surface area contributed by atoms with Gasteiger partial charge < -0.3 is 19.5 Å². The zero-order chi connectivity index (χ0) is 19.4. The van der Waals surface area contributed by atoms with Crippen molar-refractivity contribution >= 4 is 11.8 Å². The molecule has 0 saturated carbocycles. The van der Waals surface area contributed by atoms with Crippen LogP contribution in [0.25, 0.3) is 0 Å². The summed E-state index contributed by atoms with van der Waals surface area (Å²) in [5, 5.41) is 6.96. The maximum Gasteiger partial charge on any atom is 0.251 e. The summed E-state index contributed by atoms with van der Waals surface area (Å²) in [7, 11) is 1.51. The first-order chi connectivity index (χ1) is 13.0. The van der Waals surface area contributed by atoms with E-state index in [1.54, 1.807) is 12.1 Å². The monoisotopic (exact) mass is 372 g/mol. The minimum Gasteiger partial charge on any atom is -0.481 e. The number of pyridine rings is 1. The summed E-state index contributed by atoms with van der Waals surface area (Å²) in [6.45, 7) is 4.79. The molecular formula is C19H24N4O4. The molecule has 1 atom stereocenters. The minimum atomic E-state index is -0.188. The zero-order valence-electron chi connectivity index (χ0n) is 15.8. The lowest BCUT2D eigenvalue weighted by molar-refractivity contribution is -0.131. The van der Waals surface area contributed by atoms with Crippen molar-refractivity contribution in [1.29, 1.82) is 0 Å². The Morgan fingerprint density at radius 1 is 1.41 bits per heavy atom. The topological polar surface area (TPSA) is 97.6 Å². The van der Waals surface area contributed by atoms with Crippen LogP contribution in [-0.4, -0.2) is 46.6 Å². The molecule has 0 aliphatic carbocycles. The zero-order valence-corrected chi connectivity index (χ0v) is 15.8. The Morgan fingerprint density at radius 2 is 2.22 bits per heavy atom. The largest absolute Gasteiger partial charge is 0.481 e. The number of hydrogen-bond acceptors (Lipinski definition) is 6. The molecular weight excluding hydrogens is 348 g/mol. The number of carbonyl (C=O) groups is 2. The summed E-state index contributed by atoms with van der Waals surface area (Å²) < 4.78 is 10.2. The number of likely N-dealkylation sites (tertiary alicyclic amines) is 1. The van der Waals surface area contributed by atoms with Crippen LogP contribution in [-0.2, 0) is 11.3 Å².